The molecule has 0 saturated heterocycles. The summed E-state index contributed by atoms with van der Waals surface area (Å²) < 4.78 is 33.7. The van der Waals surface area contributed by atoms with Gasteiger partial charge >= 0.3 is 10.2 Å². The van der Waals surface area contributed by atoms with Gasteiger partial charge in [-0.25, -0.2) is 21.9 Å². The van der Waals surface area contributed by atoms with Crippen molar-refractivity contribution in [3.8, 4) is 11.5 Å². The van der Waals surface area contributed by atoms with Gasteiger partial charge in [-0.2, -0.15) is 8.42 Å². The molecule has 41 heavy (non-hydrogen) atoms. The van der Waals surface area contributed by atoms with Crippen molar-refractivity contribution < 1.29 is 37.4 Å². The number of carbonyl (C=O) groups excluding carboxylic acids is 1. The Morgan fingerprint density at radius 3 is 1.71 bits per heavy atom. The molecule has 0 fully saturated rings. The number of thiol groups is 1. The zero-order chi connectivity index (χ0) is 29.2. The number of nitrogens with two attached hydrogens (primary N) is 2. The van der Waals surface area contributed by atoms with Crippen LogP contribution in [0.25, 0.3) is 0 Å². The first-order valence-corrected chi connectivity index (χ1v) is 15.3. The maximum absolute atomic E-state index is 13.7. The van der Waals surface area contributed by atoms with Crippen LogP contribution in [0.3, 0.4) is 0 Å². The molecule has 0 saturated carbocycles. The standard InChI is InChI=1S/C28H32N4O4S.BH3NS.Rh/c1-5-30(6-2)19-13-15-23-25(17-19)36-26-18-20(31(7-3)8-4)14-16-24(26)28(23)22-12-10-9-11-21(22)27(33)32(28)37(29,34)35;2-1-3;/h9-18H,5-8H2,1-4H3,(H2,29,34,35);3H,2H2;. The Morgan fingerprint density at radius 2 is 1.29 bits per heavy atom. The molecule has 2 aliphatic rings. The molecular formula is C28H35BN5O4RhS2. The van der Waals surface area contributed by atoms with E-state index in [2.05, 4.69) is 55.6 Å². The first-order chi connectivity index (χ1) is 19.1. The van der Waals surface area contributed by atoms with E-state index < -0.39 is 21.7 Å². The number of nitrogens with zero attached hydrogens (tertiary/aromatic N) is 3. The van der Waals surface area contributed by atoms with Crippen LogP contribution in [0, 0.1) is 0 Å². The summed E-state index contributed by atoms with van der Waals surface area (Å²) in [4.78, 5) is 18.0. The van der Waals surface area contributed by atoms with Gasteiger partial charge in [0.2, 0.25) is 0 Å². The zero-order valence-electron chi connectivity index (χ0n) is 23.5. The van der Waals surface area contributed by atoms with Crippen LogP contribution < -0.4 is 25.3 Å². The molecule has 0 atom stereocenters. The number of rotatable bonds is 7. The average molecular weight is 683 g/mol. The molecule has 0 bridgehead atoms. The van der Waals surface area contributed by atoms with Crippen molar-refractivity contribution in [3.05, 3.63) is 82.9 Å². The Hall–Kier alpha value is -2.56. The Balaban J connectivity index is 0.00000111. The number of carbonyl (C=O) groups is 1. The largest absolute Gasteiger partial charge is 0.456 e. The minimum Gasteiger partial charge on any atom is -0.456 e. The van der Waals surface area contributed by atoms with Crippen LogP contribution in [0.1, 0.15) is 54.7 Å². The molecule has 13 heteroatoms. The van der Waals surface area contributed by atoms with Crippen molar-refractivity contribution >= 4 is 46.7 Å². The monoisotopic (exact) mass is 683 g/mol. The molecule has 1 spiro atoms. The summed E-state index contributed by atoms with van der Waals surface area (Å²) in [5.74, 6) is 0.330. The van der Waals surface area contributed by atoms with Gasteiger partial charge in [-0.05, 0) is 45.9 Å². The van der Waals surface area contributed by atoms with Gasteiger partial charge in [-0.3, -0.25) is 4.79 Å². The summed E-state index contributed by atoms with van der Waals surface area (Å²) >= 11 is 3.44. The van der Waals surface area contributed by atoms with Crippen LogP contribution in [0.2, 0.25) is 0 Å². The van der Waals surface area contributed by atoms with Crippen molar-refractivity contribution in [2.45, 2.75) is 33.2 Å². The number of benzene rings is 3. The van der Waals surface area contributed by atoms with Gasteiger partial charge < -0.3 is 20.2 Å². The van der Waals surface area contributed by atoms with Crippen LogP contribution >= 0.6 is 12.5 Å². The smallest absolute Gasteiger partial charge is 0.302 e. The fraction of sp³-hybridized carbons (Fsp3) is 0.321. The summed E-state index contributed by atoms with van der Waals surface area (Å²) in [6, 6.07) is 18.4. The van der Waals surface area contributed by atoms with Crippen LogP contribution in [0.5, 0.6) is 11.5 Å². The van der Waals surface area contributed by atoms with Gasteiger partial charge in [0, 0.05) is 91.4 Å². The Bertz CT molecular complexity index is 1460. The number of hydrogen-bond acceptors (Lipinski definition) is 8. The van der Waals surface area contributed by atoms with Crippen molar-refractivity contribution in [2.75, 3.05) is 36.0 Å². The van der Waals surface area contributed by atoms with Crippen molar-refractivity contribution in [1.29, 1.82) is 0 Å². The van der Waals surface area contributed by atoms with E-state index in [0.29, 0.717) is 33.8 Å². The Morgan fingerprint density at radius 1 is 0.854 bits per heavy atom. The molecule has 4 N–H and O–H groups in total. The van der Waals surface area contributed by atoms with E-state index in [-0.39, 0.29) is 19.5 Å². The van der Waals surface area contributed by atoms with E-state index in [0.717, 1.165) is 41.9 Å². The van der Waals surface area contributed by atoms with Gasteiger partial charge in [0.1, 0.15) is 17.0 Å². The summed E-state index contributed by atoms with van der Waals surface area (Å²) in [5, 5.41) is 5.79. The van der Waals surface area contributed by atoms with E-state index >= 15 is 0 Å². The average Bonchev–Trinajstić information content (AvgIpc) is 3.20. The fourth-order valence-electron chi connectivity index (χ4n) is 5.79. The minimum atomic E-state index is -4.48. The second-order valence-corrected chi connectivity index (χ2v) is 11.0. The van der Waals surface area contributed by atoms with Crippen molar-refractivity contribution in [3.63, 3.8) is 0 Å². The molecule has 1 amide bonds. The van der Waals surface area contributed by atoms with Gasteiger partial charge in [0.15, 0.2) is 0 Å². The third-order valence-electron chi connectivity index (χ3n) is 7.48. The predicted molar refractivity (Wildman–Crippen MR) is 165 cm³/mol. The molecule has 5 rings (SSSR count). The topological polar surface area (TPSA) is 122 Å². The predicted octanol–water partition coefficient (Wildman–Crippen LogP) is 3.84. The number of hydrogen-bond donors (Lipinski definition) is 3. The molecule has 0 unspecified atom stereocenters. The minimum absolute atomic E-state index is 0. The maximum Gasteiger partial charge on any atom is 0.302 e. The molecule has 2 radical (unpaired) electrons. The zero-order valence-corrected chi connectivity index (χ0v) is 26.8. The van der Waals surface area contributed by atoms with Crippen LogP contribution in [0.15, 0.2) is 60.7 Å². The molecule has 9 nitrogen and oxygen atoms in total. The number of amides is 1. The maximum atomic E-state index is 13.7. The van der Waals surface area contributed by atoms with Crippen molar-refractivity contribution in [1.82, 2.24) is 4.31 Å². The summed E-state index contributed by atoms with van der Waals surface area (Å²) in [7, 11) is -4.48. The second kappa shape index (κ2) is 13.2. The molecule has 2 heterocycles. The quantitative estimate of drug-likeness (QED) is 0.256. The van der Waals surface area contributed by atoms with Crippen LogP contribution in [0.4, 0.5) is 11.4 Å². The van der Waals surface area contributed by atoms with E-state index in [1.807, 2.05) is 42.5 Å². The third kappa shape index (κ3) is 5.50. The summed E-state index contributed by atoms with van der Waals surface area (Å²) in [6.07, 6.45) is 0. The Labute approximate surface area is 261 Å². The summed E-state index contributed by atoms with van der Waals surface area (Å²) in [6.45, 7) is 12.7. The Kier molecular flexibility index (Phi) is 10.6. The molecule has 220 valence electrons. The SMILES string of the molecule is CCN(CC)c1ccc2c(c1)Oc1cc(N(CC)CC)ccc1C21c2ccccc2C(=O)N1S(N)(=O)=O.N[B]S.[Rh]. The first-order valence-electron chi connectivity index (χ1n) is 13.2. The fourth-order valence-corrected chi connectivity index (χ4v) is 6.80. The second-order valence-electron chi connectivity index (χ2n) is 9.33. The molecule has 2 aliphatic heterocycles. The number of fused-ring (bicyclic) bond motifs is 6. The third-order valence-corrected chi connectivity index (χ3v) is 8.43. The number of ether oxygens (including phenoxy) is 1. The van der Waals surface area contributed by atoms with E-state index in [1.165, 1.54) is 6.69 Å². The first kappa shape index (κ1) is 32.9. The number of anilines is 2. The molecular weight excluding hydrogens is 648 g/mol. The van der Waals surface area contributed by atoms with Gasteiger partial charge in [-0.1, -0.05) is 30.3 Å². The van der Waals surface area contributed by atoms with E-state index in [9.17, 15) is 13.2 Å². The van der Waals surface area contributed by atoms with Gasteiger partial charge in [0.25, 0.3) is 12.6 Å². The molecule has 3 aromatic carbocycles. The van der Waals surface area contributed by atoms with E-state index in [4.69, 9.17) is 9.88 Å². The van der Waals surface area contributed by atoms with Crippen LogP contribution in [-0.2, 0) is 35.2 Å². The van der Waals surface area contributed by atoms with Gasteiger partial charge in [-0.15, -0.1) is 0 Å². The van der Waals surface area contributed by atoms with Gasteiger partial charge in [0.05, 0.1) is 0 Å². The van der Waals surface area contributed by atoms with Crippen molar-refractivity contribution in [2.24, 2.45) is 10.8 Å². The van der Waals surface area contributed by atoms with Crippen LogP contribution in [-0.4, -0.2) is 51.5 Å². The van der Waals surface area contributed by atoms with E-state index in [1.54, 1.807) is 18.2 Å². The molecule has 0 aliphatic carbocycles. The molecule has 3 aromatic rings. The normalized spacial score (nSPS) is 14.0. The molecule has 0 aromatic heterocycles. The summed E-state index contributed by atoms with van der Waals surface area (Å²) in [5.41, 5.74) is 6.96.